The molecule has 0 amide bonds. The van der Waals surface area contributed by atoms with E-state index < -0.39 is 0 Å². The molecule has 0 atom stereocenters. The Balaban J connectivity index is 1.06. The highest BCUT2D eigenvalue weighted by molar-refractivity contribution is 6.98. The fourth-order valence-corrected chi connectivity index (χ4v) is 10.4. The molecule has 0 fully saturated rings. The van der Waals surface area contributed by atoms with Crippen LogP contribution < -0.4 is 25.9 Å². The number of ether oxygens (including phenoxy) is 2. The summed E-state index contributed by atoms with van der Waals surface area (Å²) in [6.07, 6.45) is 6.65. The molecule has 2 nitrogen and oxygen atoms in total. The van der Waals surface area contributed by atoms with Gasteiger partial charge in [-0.2, -0.15) is 0 Å². The molecular formula is C57H41BO2. The molecule has 3 aliphatic rings. The summed E-state index contributed by atoms with van der Waals surface area (Å²) in [5.41, 5.74) is 15.9. The third-order valence-corrected chi connectivity index (χ3v) is 13.4. The van der Waals surface area contributed by atoms with Crippen molar-refractivity contribution in [3.63, 3.8) is 0 Å². The average Bonchev–Trinajstić information content (AvgIpc) is 3.30. The van der Waals surface area contributed by atoms with Gasteiger partial charge in [-0.3, -0.25) is 0 Å². The van der Waals surface area contributed by atoms with Gasteiger partial charge in [-0.15, -0.1) is 0 Å². The second-order valence-corrected chi connectivity index (χ2v) is 17.0. The number of allylic oxidation sites excluding steroid dienone is 1. The van der Waals surface area contributed by atoms with Crippen LogP contribution in [0.4, 0.5) is 0 Å². The van der Waals surface area contributed by atoms with E-state index in [0.29, 0.717) is 0 Å². The Morgan fingerprint density at radius 2 is 1.07 bits per heavy atom. The van der Waals surface area contributed by atoms with Crippen LogP contribution in [-0.2, 0) is 11.8 Å². The number of para-hydroxylation sites is 1. The Labute approximate surface area is 351 Å². The van der Waals surface area contributed by atoms with Crippen LogP contribution in [0.1, 0.15) is 42.5 Å². The number of hydrogen-bond acceptors (Lipinski definition) is 2. The van der Waals surface area contributed by atoms with Gasteiger partial charge in [0.2, 0.25) is 0 Å². The SMILES string of the molecule is CC(C)(c1ccccc1)c1ccc2c(c1)B1c3ccccc3Oc3cc(-c4c5c(c(-c6ccc(-c7ccccc7)c7ccccc67)c6ccccc46)C=CCC5)cc(c31)O2. The van der Waals surface area contributed by atoms with Gasteiger partial charge in [0.1, 0.15) is 23.0 Å². The normalized spacial score (nSPS) is 13.5. The zero-order chi connectivity index (χ0) is 40.0. The Morgan fingerprint density at radius 1 is 0.467 bits per heavy atom. The molecule has 0 bridgehead atoms. The highest BCUT2D eigenvalue weighted by atomic mass is 16.5. The van der Waals surface area contributed by atoms with E-state index in [4.69, 9.17) is 9.47 Å². The lowest BCUT2D eigenvalue weighted by molar-refractivity contribution is 0.464. The zero-order valence-corrected chi connectivity index (χ0v) is 33.7. The Morgan fingerprint density at radius 3 is 1.82 bits per heavy atom. The minimum absolute atomic E-state index is 0.0209. The first-order chi connectivity index (χ1) is 29.5. The molecule has 0 saturated heterocycles. The molecule has 9 aromatic rings. The van der Waals surface area contributed by atoms with Crippen LogP contribution in [0.25, 0.3) is 61.0 Å². The van der Waals surface area contributed by atoms with Crippen LogP contribution in [0.15, 0.2) is 182 Å². The lowest BCUT2D eigenvalue weighted by Crippen LogP contribution is -2.57. The first kappa shape index (κ1) is 34.9. The van der Waals surface area contributed by atoms with Gasteiger partial charge >= 0.3 is 0 Å². The molecule has 0 aromatic heterocycles. The van der Waals surface area contributed by atoms with Gasteiger partial charge in [0.05, 0.1) is 0 Å². The predicted molar refractivity (Wildman–Crippen MR) is 251 cm³/mol. The molecule has 284 valence electrons. The lowest BCUT2D eigenvalue weighted by atomic mass is 9.34. The number of hydrogen-bond donors (Lipinski definition) is 0. The van der Waals surface area contributed by atoms with Gasteiger partial charge in [-0.05, 0) is 125 Å². The number of rotatable bonds is 5. The summed E-state index contributed by atoms with van der Waals surface area (Å²) in [7, 11) is 0. The van der Waals surface area contributed by atoms with E-state index in [1.165, 1.54) is 82.5 Å². The van der Waals surface area contributed by atoms with Crippen LogP contribution in [0, 0.1) is 0 Å². The quantitative estimate of drug-likeness (QED) is 0.162. The molecule has 3 heteroatoms. The van der Waals surface area contributed by atoms with Crippen LogP contribution in [0.3, 0.4) is 0 Å². The second kappa shape index (κ2) is 13.5. The highest BCUT2D eigenvalue weighted by Crippen LogP contribution is 2.49. The molecule has 9 aromatic carbocycles. The van der Waals surface area contributed by atoms with E-state index in [-0.39, 0.29) is 12.1 Å². The maximum absolute atomic E-state index is 7.03. The van der Waals surface area contributed by atoms with Gasteiger partial charge < -0.3 is 9.47 Å². The molecular weight excluding hydrogens is 727 g/mol. The number of fused-ring (bicyclic) bond motifs is 7. The lowest BCUT2D eigenvalue weighted by Gasteiger charge is -2.35. The van der Waals surface area contributed by atoms with Gasteiger partial charge in [-0.25, -0.2) is 0 Å². The fraction of sp³-hybridized carbons (Fsp3) is 0.0877. The summed E-state index contributed by atoms with van der Waals surface area (Å²) >= 11 is 0. The standard InChI is InChI=1S/C57H41BO2/c1-57(2,38-19-7-4-8-20-38)39-29-32-51-49(35-39)58-48-27-15-16-28-50(48)59-52-33-37(34-53(60-51)56(52)58)54-43-23-11-13-25-45(43)55(46-26-14-12-24-44(46)54)47-31-30-40(36-17-5-3-6-18-36)41-21-9-10-22-42(41)47/h3-11,13-23,25-35H,12,24H2,1-2H3. The van der Waals surface area contributed by atoms with Crippen molar-refractivity contribution in [3.05, 3.63) is 204 Å². The fourth-order valence-electron chi connectivity index (χ4n) is 10.4. The van der Waals surface area contributed by atoms with Crippen LogP contribution in [0.2, 0.25) is 0 Å². The van der Waals surface area contributed by atoms with Gasteiger partial charge in [0, 0.05) is 10.9 Å². The molecule has 0 radical (unpaired) electrons. The first-order valence-corrected chi connectivity index (χ1v) is 21.2. The monoisotopic (exact) mass is 768 g/mol. The van der Waals surface area contributed by atoms with Gasteiger partial charge in [0.25, 0.3) is 6.71 Å². The third-order valence-electron chi connectivity index (χ3n) is 13.4. The predicted octanol–water partition coefficient (Wildman–Crippen LogP) is 13.0. The molecule has 12 rings (SSSR count). The van der Waals surface area contributed by atoms with Gasteiger partial charge in [0.15, 0.2) is 0 Å². The summed E-state index contributed by atoms with van der Waals surface area (Å²) < 4.78 is 13.9. The summed E-state index contributed by atoms with van der Waals surface area (Å²) in [5.74, 6) is 3.52. The topological polar surface area (TPSA) is 18.5 Å². The van der Waals surface area contributed by atoms with Crippen molar-refractivity contribution < 1.29 is 9.47 Å². The largest absolute Gasteiger partial charge is 0.458 e. The molecule has 0 spiro atoms. The van der Waals surface area contributed by atoms with E-state index >= 15 is 0 Å². The summed E-state index contributed by atoms with van der Waals surface area (Å²) in [6.45, 7) is 4.60. The van der Waals surface area contributed by atoms with Crippen molar-refractivity contribution in [2.75, 3.05) is 0 Å². The Hall–Kier alpha value is -7.10. The maximum atomic E-state index is 7.03. The summed E-state index contributed by atoms with van der Waals surface area (Å²) in [5, 5.41) is 5.00. The average molecular weight is 769 g/mol. The molecule has 2 heterocycles. The van der Waals surface area contributed by atoms with E-state index in [9.17, 15) is 0 Å². The summed E-state index contributed by atoms with van der Waals surface area (Å²) in [4.78, 5) is 0. The van der Waals surface area contributed by atoms with Crippen molar-refractivity contribution in [1.29, 1.82) is 0 Å². The van der Waals surface area contributed by atoms with Crippen molar-refractivity contribution >= 4 is 50.7 Å². The van der Waals surface area contributed by atoms with Crippen molar-refractivity contribution in [3.8, 4) is 56.4 Å². The summed E-state index contributed by atoms with van der Waals surface area (Å²) in [6, 6.07) is 64.0. The van der Waals surface area contributed by atoms with Crippen molar-refractivity contribution in [1.82, 2.24) is 0 Å². The van der Waals surface area contributed by atoms with Crippen LogP contribution in [0.5, 0.6) is 23.0 Å². The van der Waals surface area contributed by atoms with Crippen LogP contribution >= 0.6 is 0 Å². The molecule has 0 saturated carbocycles. The smallest absolute Gasteiger partial charge is 0.260 e. The second-order valence-electron chi connectivity index (χ2n) is 17.0. The van der Waals surface area contributed by atoms with Gasteiger partial charge in [-0.1, -0.05) is 178 Å². The van der Waals surface area contributed by atoms with E-state index in [0.717, 1.165) is 46.9 Å². The zero-order valence-electron chi connectivity index (χ0n) is 33.7. The molecule has 2 aliphatic heterocycles. The third kappa shape index (κ3) is 5.28. The van der Waals surface area contributed by atoms with Crippen molar-refractivity contribution in [2.45, 2.75) is 32.1 Å². The highest BCUT2D eigenvalue weighted by Gasteiger charge is 2.41. The van der Waals surface area contributed by atoms with E-state index in [2.05, 4.69) is 202 Å². The van der Waals surface area contributed by atoms with E-state index in [1.807, 2.05) is 0 Å². The molecule has 1 aliphatic carbocycles. The molecule has 0 N–H and O–H groups in total. The minimum Gasteiger partial charge on any atom is -0.458 e. The molecule has 60 heavy (non-hydrogen) atoms. The Bertz CT molecular complexity index is 3220. The Kier molecular flexibility index (Phi) is 7.84. The van der Waals surface area contributed by atoms with Crippen molar-refractivity contribution in [2.24, 2.45) is 0 Å². The molecule has 0 unspecified atom stereocenters. The van der Waals surface area contributed by atoms with Crippen LogP contribution in [-0.4, -0.2) is 6.71 Å². The number of benzene rings is 9. The minimum atomic E-state index is -0.190. The first-order valence-electron chi connectivity index (χ1n) is 21.2. The maximum Gasteiger partial charge on any atom is 0.260 e. The van der Waals surface area contributed by atoms with E-state index in [1.54, 1.807) is 0 Å².